The van der Waals surface area contributed by atoms with E-state index in [1.807, 2.05) is 26.0 Å². The van der Waals surface area contributed by atoms with Gasteiger partial charge in [0.2, 0.25) is 0 Å². The summed E-state index contributed by atoms with van der Waals surface area (Å²) in [6.45, 7) is 3.64. The second kappa shape index (κ2) is 5.89. The van der Waals surface area contributed by atoms with Crippen LogP contribution in [0.15, 0.2) is 24.3 Å². The summed E-state index contributed by atoms with van der Waals surface area (Å²) in [5.41, 5.74) is 7.30. The van der Waals surface area contributed by atoms with Gasteiger partial charge in [-0.15, -0.1) is 11.8 Å². The van der Waals surface area contributed by atoms with E-state index in [9.17, 15) is 4.79 Å². The number of carboxylic acids is 1. The van der Waals surface area contributed by atoms with Gasteiger partial charge in [0.05, 0.1) is 11.6 Å². The van der Waals surface area contributed by atoms with E-state index in [-0.39, 0.29) is 0 Å². The lowest BCUT2D eigenvalue weighted by molar-refractivity contribution is -0.139. The van der Waals surface area contributed by atoms with E-state index in [0.717, 1.165) is 5.56 Å². The molecule has 4 nitrogen and oxygen atoms in total. The van der Waals surface area contributed by atoms with Crippen molar-refractivity contribution in [1.82, 2.24) is 0 Å². The van der Waals surface area contributed by atoms with Gasteiger partial charge in [-0.1, -0.05) is 12.1 Å². The summed E-state index contributed by atoms with van der Waals surface area (Å²) >= 11 is 1.49. The molecule has 0 bridgehead atoms. The predicted molar refractivity (Wildman–Crippen MR) is 72.1 cm³/mol. The molecule has 3 N–H and O–H groups in total. The van der Waals surface area contributed by atoms with Crippen LogP contribution in [0.1, 0.15) is 25.0 Å². The number of carboxylic acid groups (broad SMARTS) is 1. The predicted octanol–water partition coefficient (Wildman–Crippen LogP) is 1.98. The summed E-state index contributed by atoms with van der Waals surface area (Å²) in [4.78, 5) is 10.9. The lowest BCUT2D eigenvalue weighted by atomic mass is 10.1. The number of thioether (sulfide) groups is 1. The van der Waals surface area contributed by atoms with E-state index in [0.29, 0.717) is 11.3 Å². The number of nitrogens with zero attached hydrogens (tertiary/aromatic N) is 1. The fraction of sp³-hybridized carbons (Fsp3) is 0.385. The molecule has 0 saturated heterocycles. The molecular formula is C13H16N2O2S. The highest BCUT2D eigenvalue weighted by Gasteiger charge is 2.32. The van der Waals surface area contributed by atoms with Gasteiger partial charge in [0.25, 0.3) is 0 Å². The van der Waals surface area contributed by atoms with Crippen molar-refractivity contribution in [2.45, 2.75) is 30.4 Å². The minimum absolute atomic E-state index is 0.542. The summed E-state index contributed by atoms with van der Waals surface area (Å²) in [7, 11) is 0. The zero-order valence-corrected chi connectivity index (χ0v) is 11.2. The average Bonchev–Trinajstić information content (AvgIpc) is 2.36. The number of aliphatic carboxylic acids is 1. The maximum atomic E-state index is 10.9. The molecule has 18 heavy (non-hydrogen) atoms. The normalized spacial score (nSPS) is 12.8. The zero-order chi connectivity index (χ0) is 13.8. The molecule has 0 fully saturated rings. The van der Waals surface area contributed by atoms with Crippen LogP contribution in [0.25, 0.3) is 0 Å². The minimum Gasteiger partial charge on any atom is -0.480 e. The largest absolute Gasteiger partial charge is 0.480 e. The SMILES string of the molecule is CC(C)(SCc1ccc(C#N)cc1)[C@H](N)C(=O)O. The number of benzene rings is 1. The number of hydrogen-bond acceptors (Lipinski definition) is 4. The first kappa shape index (κ1) is 14.6. The van der Waals surface area contributed by atoms with Crippen LogP contribution in [-0.4, -0.2) is 21.9 Å². The third-order valence-electron chi connectivity index (χ3n) is 2.71. The van der Waals surface area contributed by atoms with Gasteiger partial charge in [0.15, 0.2) is 0 Å². The highest BCUT2D eigenvalue weighted by Crippen LogP contribution is 2.30. The Kier molecular flexibility index (Phi) is 4.76. The van der Waals surface area contributed by atoms with Crippen LogP contribution in [0.2, 0.25) is 0 Å². The lowest BCUT2D eigenvalue weighted by Gasteiger charge is -2.28. The average molecular weight is 264 g/mol. The molecule has 0 aliphatic carbocycles. The Morgan fingerprint density at radius 3 is 2.50 bits per heavy atom. The monoisotopic (exact) mass is 264 g/mol. The number of carbonyl (C=O) groups is 1. The summed E-state index contributed by atoms with van der Waals surface area (Å²) in [6.07, 6.45) is 0. The summed E-state index contributed by atoms with van der Waals surface area (Å²) in [5.74, 6) is -0.327. The molecule has 5 heteroatoms. The van der Waals surface area contributed by atoms with Gasteiger partial charge in [0, 0.05) is 10.5 Å². The molecule has 0 aliphatic heterocycles. The molecular weight excluding hydrogens is 248 g/mol. The Morgan fingerprint density at radius 2 is 2.06 bits per heavy atom. The van der Waals surface area contributed by atoms with Crippen LogP contribution < -0.4 is 5.73 Å². The summed E-state index contributed by atoms with van der Waals surface area (Å²) in [6, 6.07) is 8.39. The Labute approximate surface area is 111 Å². The minimum atomic E-state index is -0.993. The quantitative estimate of drug-likeness (QED) is 0.849. The Balaban J connectivity index is 2.64. The Bertz CT molecular complexity index is 463. The lowest BCUT2D eigenvalue weighted by Crippen LogP contribution is -2.46. The molecule has 0 aliphatic rings. The van der Waals surface area contributed by atoms with Crippen LogP contribution in [0, 0.1) is 11.3 Å². The van der Waals surface area contributed by atoms with Gasteiger partial charge < -0.3 is 10.8 Å². The Hall–Kier alpha value is -1.51. The molecule has 0 aromatic heterocycles. The van der Waals surface area contributed by atoms with Crippen LogP contribution in [0.3, 0.4) is 0 Å². The number of rotatable bonds is 5. The van der Waals surface area contributed by atoms with E-state index in [4.69, 9.17) is 16.1 Å². The fourth-order valence-corrected chi connectivity index (χ4v) is 2.34. The van der Waals surface area contributed by atoms with Crippen LogP contribution in [0.5, 0.6) is 0 Å². The molecule has 1 aromatic carbocycles. The summed E-state index contributed by atoms with van der Waals surface area (Å²) in [5, 5.41) is 17.6. The van der Waals surface area contributed by atoms with E-state index in [1.165, 1.54) is 11.8 Å². The third kappa shape index (κ3) is 3.76. The van der Waals surface area contributed by atoms with Gasteiger partial charge >= 0.3 is 5.97 Å². The molecule has 0 saturated carbocycles. The molecule has 1 aromatic rings. The first-order chi connectivity index (χ1) is 8.36. The Morgan fingerprint density at radius 1 is 1.50 bits per heavy atom. The first-order valence-electron chi connectivity index (χ1n) is 5.48. The van der Waals surface area contributed by atoms with Gasteiger partial charge in [-0.25, -0.2) is 0 Å². The van der Waals surface area contributed by atoms with Crippen LogP contribution >= 0.6 is 11.8 Å². The second-order valence-electron chi connectivity index (χ2n) is 4.52. The maximum Gasteiger partial charge on any atom is 0.321 e. The third-order valence-corrected chi connectivity index (χ3v) is 4.18. The van der Waals surface area contributed by atoms with Crippen LogP contribution in [-0.2, 0) is 10.5 Å². The molecule has 0 unspecified atom stereocenters. The van der Waals surface area contributed by atoms with Crippen molar-refractivity contribution in [1.29, 1.82) is 5.26 Å². The van der Waals surface area contributed by atoms with E-state index >= 15 is 0 Å². The number of nitriles is 1. The summed E-state index contributed by atoms with van der Waals surface area (Å²) < 4.78 is -0.542. The van der Waals surface area contributed by atoms with Gasteiger partial charge in [-0.2, -0.15) is 5.26 Å². The van der Waals surface area contributed by atoms with Crippen molar-refractivity contribution in [3.8, 4) is 6.07 Å². The molecule has 0 amide bonds. The molecule has 0 spiro atoms. The second-order valence-corrected chi connectivity index (χ2v) is 6.15. The van der Waals surface area contributed by atoms with Crippen LogP contribution in [0.4, 0.5) is 0 Å². The van der Waals surface area contributed by atoms with E-state index < -0.39 is 16.8 Å². The van der Waals surface area contributed by atoms with Crippen molar-refractivity contribution in [3.05, 3.63) is 35.4 Å². The zero-order valence-electron chi connectivity index (χ0n) is 10.4. The number of nitrogens with two attached hydrogens (primary N) is 1. The van der Waals surface area contributed by atoms with Crippen molar-refractivity contribution >= 4 is 17.7 Å². The standard InChI is InChI=1S/C13H16N2O2S/c1-13(2,11(15)12(16)17)18-8-10-5-3-9(7-14)4-6-10/h3-6,11H,8,15H2,1-2H3,(H,16,17)/t11-/m1/s1. The first-order valence-corrected chi connectivity index (χ1v) is 6.47. The fourth-order valence-electron chi connectivity index (χ4n) is 1.33. The van der Waals surface area contributed by atoms with Crippen molar-refractivity contribution in [2.75, 3.05) is 0 Å². The molecule has 1 atom stereocenters. The van der Waals surface area contributed by atoms with Gasteiger partial charge in [-0.3, -0.25) is 4.79 Å². The van der Waals surface area contributed by atoms with Crippen molar-refractivity contribution in [3.63, 3.8) is 0 Å². The molecule has 0 radical (unpaired) electrons. The van der Waals surface area contributed by atoms with Crippen molar-refractivity contribution in [2.24, 2.45) is 5.73 Å². The van der Waals surface area contributed by atoms with Gasteiger partial charge in [0.1, 0.15) is 6.04 Å². The molecule has 0 heterocycles. The smallest absolute Gasteiger partial charge is 0.321 e. The molecule has 96 valence electrons. The topological polar surface area (TPSA) is 87.1 Å². The van der Waals surface area contributed by atoms with E-state index in [1.54, 1.807) is 12.1 Å². The molecule has 1 rings (SSSR count). The van der Waals surface area contributed by atoms with E-state index in [2.05, 4.69) is 6.07 Å². The maximum absolute atomic E-state index is 10.9. The highest BCUT2D eigenvalue weighted by molar-refractivity contribution is 7.99. The van der Waals surface area contributed by atoms with Gasteiger partial charge in [-0.05, 0) is 31.5 Å². The van der Waals surface area contributed by atoms with Crippen molar-refractivity contribution < 1.29 is 9.90 Å². The number of hydrogen-bond donors (Lipinski definition) is 2. The highest BCUT2D eigenvalue weighted by atomic mass is 32.2.